The van der Waals surface area contributed by atoms with Gasteiger partial charge in [0, 0.05) is 6.42 Å². The van der Waals surface area contributed by atoms with E-state index in [1.165, 1.54) is 0 Å². The number of halogens is 4. The van der Waals surface area contributed by atoms with Gasteiger partial charge >= 0.3 is 0 Å². The molecule has 0 heterocycles. The maximum Gasteiger partial charge on any atom is 0.110 e. The van der Waals surface area contributed by atoms with Crippen molar-refractivity contribution in [2.45, 2.75) is 16.1 Å². The molecule has 0 spiro atoms. The van der Waals surface area contributed by atoms with Gasteiger partial charge in [0.25, 0.3) is 0 Å². The summed E-state index contributed by atoms with van der Waals surface area (Å²) < 4.78 is 0. The average Bonchev–Trinajstić information content (AvgIpc) is 1.27. The van der Waals surface area contributed by atoms with Crippen LogP contribution in [0.1, 0.15) is 6.42 Å². The quantitative estimate of drug-likeness (QED) is 0.575. The van der Waals surface area contributed by atoms with Gasteiger partial charge in [-0.2, -0.15) is 0 Å². The molecule has 7 heavy (non-hydrogen) atoms. The van der Waals surface area contributed by atoms with Gasteiger partial charge in [-0.25, -0.2) is 0 Å². The lowest BCUT2D eigenvalue weighted by atomic mass is 10.6. The molecule has 4 heteroatoms. The van der Waals surface area contributed by atoms with Gasteiger partial charge in [-0.1, -0.05) is 0 Å². The van der Waals surface area contributed by atoms with Crippen LogP contribution in [0.5, 0.6) is 0 Å². The van der Waals surface area contributed by atoms with E-state index in [0.29, 0.717) is 6.42 Å². The van der Waals surface area contributed by atoms with Crippen LogP contribution in [-0.2, 0) is 0 Å². The van der Waals surface area contributed by atoms with E-state index >= 15 is 0 Å². The van der Waals surface area contributed by atoms with Gasteiger partial charge in [0.2, 0.25) is 0 Å². The predicted octanol–water partition coefficient (Wildman–Crippen LogP) is 2.98. The van der Waals surface area contributed by atoms with Crippen molar-refractivity contribution in [2.75, 3.05) is 0 Å². The molecule has 0 aromatic carbocycles. The minimum absolute atomic E-state index is 0.423. The van der Waals surface area contributed by atoms with Crippen molar-refractivity contribution in [3.63, 3.8) is 0 Å². The van der Waals surface area contributed by atoms with E-state index < -0.39 is 9.67 Å². The second kappa shape index (κ2) is 4.08. The molecule has 0 nitrogen and oxygen atoms in total. The van der Waals surface area contributed by atoms with E-state index in [-0.39, 0.29) is 0 Å². The fourth-order valence-corrected chi connectivity index (χ4v) is 1.21. The monoisotopic (exact) mass is 180 g/mol. The smallest absolute Gasteiger partial charge is 0.105 e. The third kappa shape index (κ3) is 7.16. The van der Waals surface area contributed by atoms with Crippen molar-refractivity contribution < 1.29 is 0 Å². The highest BCUT2D eigenvalue weighted by molar-refractivity contribution is 6.48. The normalized spacial score (nSPS) is 11.1. The van der Waals surface area contributed by atoms with E-state index in [1.807, 2.05) is 0 Å². The molecule has 0 saturated heterocycles. The zero-order valence-corrected chi connectivity index (χ0v) is 6.40. The molecule has 0 radical (unpaired) electrons. The van der Waals surface area contributed by atoms with Crippen molar-refractivity contribution in [3.8, 4) is 0 Å². The van der Waals surface area contributed by atoms with E-state index in [2.05, 4.69) is 0 Å². The highest BCUT2D eigenvalue weighted by atomic mass is 35.5. The van der Waals surface area contributed by atoms with Gasteiger partial charge < -0.3 is 0 Å². The van der Waals surface area contributed by atoms with E-state index in [1.54, 1.807) is 0 Å². The average molecular weight is 182 g/mol. The van der Waals surface area contributed by atoms with E-state index in [9.17, 15) is 0 Å². The third-order valence-corrected chi connectivity index (χ3v) is 1.07. The van der Waals surface area contributed by atoms with Gasteiger partial charge in [0.05, 0.1) is 0 Å². The first kappa shape index (κ1) is 8.16. The molecule has 0 aromatic heterocycles. The molecule has 0 aromatic rings. The topological polar surface area (TPSA) is 0 Å². The van der Waals surface area contributed by atoms with Crippen molar-refractivity contribution in [1.29, 1.82) is 0 Å². The molecular weight excluding hydrogens is 178 g/mol. The maximum atomic E-state index is 5.27. The molecule has 44 valence electrons. The molecule has 0 bridgehead atoms. The summed E-state index contributed by atoms with van der Waals surface area (Å²) in [5, 5.41) is 0. The van der Waals surface area contributed by atoms with Crippen molar-refractivity contribution in [3.05, 3.63) is 0 Å². The summed E-state index contributed by atoms with van der Waals surface area (Å²) in [6, 6.07) is 0. The first-order valence-electron chi connectivity index (χ1n) is 1.69. The summed E-state index contributed by atoms with van der Waals surface area (Å²) in [5.74, 6) is 0. The molecule has 0 amide bonds. The Hall–Kier alpha value is 1.16. The van der Waals surface area contributed by atoms with Crippen LogP contribution in [0.15, 0.2) is 0 Å². The molecule has 0 aliphatic heterocycles. The highest BCUT2D eigenvalue weighted by Crippen LogP contribution is 2.16. The van der Waals surface area contributed by atoms with Gasteiger partial charge in [0.15, 0.2) is 0 Å². The molecule has 0 saturated carbocycles. The van der Waals surface area contributed by atoms with Crippen LogP contribution < -0.4 is 0 Å². The lowest BCUT2D eigenvalue weighted by molar-refractivity contribution is 0.995. The molecule has 0 fully saturated rings. The summed E-state index contributed by atoms with van der Waals surface area (Å²) in [4.78, 5) is -0.889. The summed E-state index contributed by atoms with van der Waals surface area (Å²) in [7, 11) is 0. The Bertz CT molecular complexity index is 36.2. The Morgan fingerprint density at radius 2 is 1.14 bits per heavy atom. The van der Waals surface area contributed by atoms with Crippen LogP contribution >= 0.6 is 46.4 Å². The minimum atomic E-state index is -0.444. The molecule has 0 unspecified atom stereocenters. The Morgan fingerprint density at radius 3 is 1.14 bits per heavy atom. The second-order valence-electron chi connectivity index (χ2n) is 1.02. The van der Waals surface area contributed by atoms with Gasteiger partial charge in [-0.3, -0.25) is 0 Å². The molecule has 0 aliphatic carbocycles. The Labute approximate surface area is 62.7 Å². The first-order valence-corrected chi connectivity index (χ1v) is 3.44. The summed E-state index contributed by atoms with van der Waals surface area (Å²) in [6.07, 6.45) is 0.423. The second-order valence-corrected chi connectivity index (χ2v) is 3.57. The molecule has 0 rings (SSSR count). The van der Waals surface area contributed by atoms with Gasteiger partial charge in [0.1, 0.15) is 9.67 Å². The molecule has 0 N–H and O–H groups in total. The largest absolute Gasteiger partial charge is 0.110 e. The Morgan fingerprint density at radius 1 is 0.857 bits per heavy atom. The first-order chi connectivity index (χ1) is 3.13. The van der Waals surface area contributed by atoms with Crippen molar-refractivity contribution >= 4 is 46.4 Å². The third-order valence-electron chi connectivity index (χ3n) is 0.356. The fraction of sp³-hybridized carbons (Fsp3) is 1.00. The SMILES string of the molecule is ClC(Cl)CC(Cl)Cl. The number of alkyl halides is 4. The summed E-state index contributed by atoms with van der Waals surface area (Å²) in [6.45, 7) is 0. The Kier molecular flexibility index (Phi) is 4.76. The fourth-order valence-electron chi connectivity index (χ4n) is 0.135. The van der Waals surface area contributed by atoms with Crippen molar-refractivity contribution in [2.24, 2.45) is 0 Å². The zero-order chi connectivity index (χ0) is 5.86. The van der Waals surface area contributed by atoms with Gasteiger partial charge in [-0.15, -0.1) is 46.4 Å². The zero-order valence-electron chi connectivity index (χ0n) is 3.37. The lowest BCUT2D eigenvalue weighted by Gasteiger charge is -1.97. The molecular formula is C3H4Cl4. The summed E-state index contributed by atoms with van der Waals surface area (Å²) >= 11 is 21.1. The number of rotatable bonds is 2. The highest BCUT2D eigenvalue weighted by Gasteiger charge is 2.04. The Balaban J connectivity index is 2.95. The number of hydrogen-bond donors (Lipinski definition) is 0. The predicted molar refractivity (Wildman–Crippen MR) is 35.6 cm³/mol. The van der Waals surface area contributed by atoms with Crippen LogP contribution in [0.4, 0.5) is 0 Å². The molecule has 0 atom stereocenters. The van der Waals surface area contributed by atoms with Crippen LogP contribution in [0.2, 0.25) is 0 Å². The van der Waals surface area contributed by atoms with Crippen molar-refractivity contribution in [1.82, 2.24) is 0 Å². The lowest BCUT2D eigenvalue weighted by Crippen LogP contribution is -1.93. The minimum Gasteiger partial charge on any atom is -0.105 e. The van der Waals surface area contributed by atoms with Crippen LogP contribution in [-0.4, -0.2) is 9.67 Å². The number of hydrogen-bond acceptors (Lipinski definition) is 0. The van der Waals surface area contributed by atoms with Crippen LogP contribution in [0.3, 0.4) is 0 Å². The van der Waals surface area contributed by atoms with Gasteiger partial charge in [-0.05, 0) is 0 Å². The van der Waals surface area contributed by atoms with Crippen LogP contribution in [0, 0.1) is 0 Å². The van der Waals surface area contributed by atoms with E-state index in [4.69, 9.17) is 46.4 Å². The van der Waals surface area contributed by atoms with E-state index in [0.717, 1.165) is 0 Å². The standard InChI is InChI=1S/C3H4Cl4/c4-2(5)1-3(6)7/h2-3H,1H2. The molecule has 0 aliphatic rings. The van der Waals surface area contributed by atoms with Crippen LogP contribution in [0.25, 0.3) is 0 Å². The summed E-state index contributed by atoms with van der Waals surface area (Å²) in [5.41, 5.74) is 0. The maximum absolute atomic E-state index is 5.27.